The van der Waals surface area contributed by atoms with Gasteiger partial charge in [-0.05, 0) is 19.1 Å². The Bertz CT molecular complexity index is 309. The SMILES string of the molecule is CCCCSCC(=O)NC(C)(C(=O)O)C(F)(F)F. The van der Waals surface area contributed by atoms with Gasteiger partial charge in [-0.3, -0.25) is 4.79 Å². The zero-order valence-electron chi connectivity index (χ0n) is 10.1. The van der Waals surface area contributed by atoms with E-state index in [2.05, 4.69) is 0 Å². The molecule has 0 saturated carbocycles. The third-order valence-corrected chi connectivity index (χ3v) is 3.30. The fourth-order valence-electron chi connectivity index (χ4n) is 0.972. The number of unbranched alkanes of at least 4 members (excludes halogenated alkanes) is 1. The molecule has 0 aliphatic carbocycles. The van der Waals surface area contributed by atoms with Gasteiger partial charge in [0, 0.05) is 0 Å². The summed E-state index contributed by atoms with van der Waals surface area (Å²) in [5.74, 6) is -2.58. The van der Waals surface area contributed by atoms with Crippen molar-refractivity contribution in [3.05, 3.63) is 0 Å². The van der Waals surface area contributed by atoms with Gasteiger partial charge >= 0.3 is 12.1 Å². The standard InChI is InChI=1S/C10H16F3NO3S/c1-3-4-5-18-6-7(15)14-9(2,8(16)17)10(11,12)13/h3-6H2,1-2H3,(H,14,15)(H,16,17). The lowest BCUT2D eigenvalue weighted by atomic mass is 10.0. The van der Waals surface area contributed by atoms with Crippen LogP contribution in [0.5, 0.6) is 0 Å². The zero-order valence-corrected chi connectivity index (χ0v) is 11.0. The lowest BCUT2D eigenvalue weighted by molar-refractivity contribution is -0.206. The van der Waals surface area contributed by atoms with Crippen LogP contribution in [0.25, 0.3) is 0 Å². The Morgan fingerprint density at radius 3 is 2.28 bits per heavy atom. The molecule has 0 bridgehead atoms. The fourth-order valence-corrected chi connectivity index (χ4v) is 1.87. The van der Waals surface area contributed by atoms with Crippen molar-refractivity contribution in [2.75, 3.05) is 11.5 Å². The first-order valence-electron chi connectivity index (χ1n) is 5.34. The van der Waals surface area contributed by atoms with Crippen LogP contribution in [0.2, 0.25) is 0 Å². The second-order valence-corrected chi connectivity index (χ2v) is 4.99. The van der Waals surface area contributed by atoms with Gasteiger partial charge in [-0.2, -0.15) is 24.9 Å². The number of halogens is 3. The topological polar surface area (TPSA) is 66.4 Å². The van der Waals surface area contributed by atoms with Crippen molar-refractivity contribution in [3.8, 4) is 0 Å². The Labute approximate surface area is 107 Å². The highest BCUT2D eigenvalue weighted by Crippen LogP contribution is 2.30. The van der Waals surface area contributed by atoms with Crippen molar-refractivity contribution in [3.63, 3.8) is 0 Å². The molecule has 0 spiro atoms. The van der Waals surface area contributed by atoms with Gasteiger partial charge in [0.25, 0.3) is 0 Å². The van der Waals surface area contributed by atoms with E-state index in [0.717, 1.165) is 12.8 Å². The van der Waals surface area contributed by atoms with Gasteiger partial charge < -0.3 is 10.4 Å². The lowest BCUT2D eigenvalue weighted by Gasteiger charge is -2.28. The molecule has 1 unspecified atom stereocenters. The van der Waals surface area contributed by atoms with Crippen LogP contribution in [0.1, 0.15) is 26.7 Å². The van der Waals surface area contributed by atoms with E-state index in [1.54, 1.807) is 0 Å². The first-order chi connectivity index (χ1) is 8.15. The van der Waals surface area contributed by atoms with Crippen molar-refractivity contribution < 1.29 is 27.9 Å². The average molecular weight is 287 g/mol. The molecular formula is C10H16F3NO3S. The van der Waals surface area contributed by atoms with Crippen LogP contribution in [0.4, 0.5) is 13.2 Å². The Kier molecular flexibility index (Phi) is 6.51. The first kappa shape index (κ1) is 17.1. The summed E-state index contributed by atoms with van der Waals surface area (Å²) in [6.07, 6.45) is -3.26. The summed E-state index contributed by atoms with van der Waals surface area (Å²) in [5.41, 5.74) is -3.24. The van der Waals surface area contributed by atoms with E-state index in [4.69, 9.17) is 5.11 Å². The molecule has 18 heavy (non-hydrogen) atoms. The van der Waals surface area contributed by atoms with Gasteiger partial charge in [-0.15, -0.1) is 0 Å². The molecular weight excluding hydrogens is 271 g/mol. The normalized spacial score (nSPS) is 14.9. The zero-order chi connectivity index (χ0) is 14.4. The van der Waals surface area contributed by atoms with Crippen molar-refractivity contribution >= 4 is 23.6 Å². The van der Waals surface area contributed by atoms with Crippen molar-refractivity contribution in [1.29, 1.82) is 0 Å². The Balaban J connectivity index is 4.44. The number of carboxylic acids is 1. The quantitative estimate of drug-likeness (QED) is 0.703. The smallest absolute Gasteiger partial charge is 0.422 e. The Hall–Kier alpha value is -0.920. The Morgan fingerprint density at radius 2 is 1.89 bits per heavy atom. The third kappa shape index (κ3) is 4.75. The number of amides is 1. The molecule has 0 fully saturated rings. The van der Waals surface area contributed by atoms with Gasteiger partial charge in [0.2, 0.25) is 11.4 Å². The number of hydrogen-bond donors (Lipinski definition) is 2. The van der Waals surface area contributed by atoms with Gasteiger partial charge in [0.05, 0.1) is 5.75 Å². The summed E-state index contributed by atoms with van der Waals surface area (Å²) in [6.45, 7) is 2.38. The molecule has 0 heterocycles. The number of aliphatic carboxylic acids is 1. The molecule has 0 aliphatic rings. The largest absolute Gasteiger partial charge is 0.479 e. The monoisotopic (exact) mass is 287 g/mol. The number of carbonyl (C=O) groups is 2. The summed E-state index contributed by atoms with van der Waals surface area (Å²) in [5, 5.41) is 10.1. The second-order valence-electron chi connectivity index (χ2n) is 3.88. The number of carbonyl (C=O) groups excluding carboxylic acids is 1. The summed E-state index contributed by atoms with van der Waals surface area (Å²) in [4.78, 5) is 21.9. The minimum Gasteiger partial charge on any atom is -0.479 e. The van der Waals surface area contributed by atoms with Crippen LogP contribution in [0, 0.1) is 0 Å². The second kappa shape index (κ2) is 6.86. The number of thioether (sulfide) groups is 1. The van der Waals surface area contributed by atoms with E-state index in [-0.39, 0.29) is 5.75 Å². The first-order valence-corrected chi connectivity index (χ1v) is 6.49. The van der Waals surface area contributed by atoms with Crippen molar-refractivity contribution in [1.82, 2.24) is 5.32 Å². The number of nitrogens with one attached hydrogen (secondary N) is 1. The molecule has 0 radical (unpaired) electrons. The molecule has 1 atom stereocenters. The van der Waals surface area contributed by atoms with E-state index in [1.165, 1.54) is 17.1 Å². The highest BCUT2D eigenvalue weighted by Gasteiger charge is 2.58. The minimum absolute atomic E-state index is 0.182. The van der Waals surface area contributed by atoms with Gasteiger partial charge in [-0.25, -0.2) is 4.79 Å². The molecule has 8 heteroatoms. The summed E-state index contributed by atoms with van der Waals surface area (Å²) in [6, 6.07) is 0. The molecule has 2 N–H and O–H groups in total. The van der Waals surface area contributed by atoms with Crippen LogP contribution in [-0.2, 0) is 9.59 Å². The average Bonchev–Trinajstić information content (AvgIpc) is 2.22. The molecule has 0 aromatic rings. The predicted octanol–water partition coefficient (Wildman–Crippen LogP) is 2.04. The lowest BCUT2D eigenvalue weighted by Crippen LogP contribution is -2.62. The maximum Gasteiger partial charge on any atom is 0.422 e. The molecule has 106 valence electrons. The van der Waals surface area contributed by atoms with Crippen molar-refractivity contribution in [2.24, 2.45) is 0 Å². The van der Waals surface area contributed by atoms with E-state index in [9.17, 15) is 22.8 Å². The van der Waals surface area contributed by atoms with Crippen LogP contribution in [-0.4, -0.2) is 40.2 Å². The third-order valence-electron chi connectivity index (χ3n) is 2.26. The molecule has 1 amide bonds. The molecule has 4 nitrogen and oxygen atoms in total. The van der Waals surface area contributed by atoms with Gasteiger partial charge in [0.15, 0.2) is 0 Å². The Morgan fingerprint density at radius 1 is 1.33 bits per heavy atom. The minimum atomic E-state index is -5.04. The van der Waals surface area contributed by atoms with E-state index < -0.39 is 23.6 Å². The van der Waals surface area contributed by atoms with E-state index >= 15 is 0 Å². The number of alkyl halides is 3. The fraction of sp³-hybridized carbons (Fsp3) is 0.800. The van der Waals surface area contributed by atoms with Crippen LogP contribution >= 0.6 is 11.8 Å². The summed E-state index contributed by atoms with van der Waals surface area (Å²) >= 11 is 1.18. The number of hydrogen-bond acceptors (Lipinski definition) is 3. The predicted molar refractivity (Wildman–Crippen MR) is 62.5 cm³/mol. The highest BCUT2D eigenvalue weighted by atomic mass is 32.2. The van der Waals surface area contributed by atoms with Gasteiger partial charge in [-0.1, -0.05) is 13.3 Å². The number of rotatable bonds is 7. The van der Waals surface area contributed by atoms with E-state index in [0.29, 0.717) is 12.7 Å². The van der Waals surface area contributed by atoms with Crippen LogP contribution in [0.15, 0.2) is 0 Å². The van der Waals surface area contributed by atoms with E-state index in [1.807, 2.05) is 6.92 Å². The highest BCUT2D eigenvalue weighted by molar-refractivity contribution is 7.99. The maximum atomic E-state index is 12.6. The van der Waals surface area contributed by atoms with Crippen LogP contribution < -0.4 is 5.32 Å². The van der Waals surface area contributed by atoms with Crippen LogP contribution in [0.3, 0.4) is 0 Å². The maximum absolute atomic E-state index is 12.6. The van der Waals surface area contributed by atoms with Gasteiger partial charge in [0.1, 0.15) is 0 Å². The van der Waals surface area contributed by atoms with Crippen molar-refractivity contribution in [2.45, 2.75) is 38.4 Å². The molecule has 0 aliphatic heterocycles. The molecule has 0 saturated heterocycles. The number of carboxylic acid groups (broad SMARTS) is 1. The molecule has 0 rings (SSSR count). The molecule has 0 aromatic heterocycles. The molecule has 0 aromatic carbocycles. The summed E-state index contributed by atoms with van der Waals surface area (Å²) < 4.78 is 37.7. The summed E-state index contributed by atoms with van der Waals surface area (Å²) in [7, 11) is 0.